The van der Waals surface area contributed by atoms with Crippen molar-refractivity contribution in [3.8, 4) is 5.88 Å². The molecule has 0 radical (unpaired) electrons. The molecular formula is C13H13N3O2. The predicted octanol–water partition coefficient (Wildman–Crippen LogP) is 1.76. The van der Waals surface area contributed by atoms with Gasteiger partial charge in [0.25, 0.3) is 5.91 Å². The molecule has 1 heterocycles. The van der Waals surface area contributed by atoms with E-state index in [9.17, 15) is 4.79 Å². The molecule has 0 unspecified atom stereocenters. The summed E-state index contributed by atoms with van der Waals surface area (Å²) in [6.07, 6.45) is 0. The van der Waals surface area contributed by atoms with Gasteiger partial charge in [0.1, 0.15) is 0 Å². The molecule has 0 saturated heterocycles. The summed E-state index contributed by atoms with van der Waals surface area (Å²) in [4.78, 5) is 13.7. The first-order valence-corrected chi connectivity index (χ1v) is 5.43. The van der Waals surface area contributed by atoms with Crippen LogP contribution in [0, 0.1) is 0 Å². The summed E-state index contributed by atoms with van der Waals surface area (Å²) in [6.45, 7) is 0. The van der Waals surface area contributed by atoms with Crippen molar-refractivity contribution in [1.29, 1.82) is 0 Å². The number of methoxy groups -OCH3 is 1. The standard InChI is InChI=1S/C13H13N3O2/c1-16(10-6-4-3-5-7-10)13(17)11-8-9-12(18-2)15-14-11/h3-9H,1-2H3. The number of para-hydroxylation sites is 1. The van der Waals surface area contributed by atoms with Crippen LogP contribution in [0.2, 0.25) is 0 Å². The highest BCUT2D eigenvalue weighted by Crippen LogP contribution is 2.14. The fourth-order valence-electron chi connectivity index (χ4n) is 1.48. The van der Waals surface area contributed by atoms with Crippen molar-refractivity contribution in [2.24, 2.45) is 0 Å². The summed E-state index contributed by atoms with van der Waals surface area (Å²) in [7, 11) is 3.20. The van der Waals surface area contributed by atoms with Crippen LogP contribution in [0.1, 0.15) is 10.5 Å². The number of ether oxygens (including phenoxy) is 1. The van der Waals surface area contributed by atoms with Crippen molar-refractivity contribution >= 4 is 11.6 Å². The van der Waals surface area contributed by atoms with E-state index in [1.165, 1.54) is 12.0 Å². The molecule has 1 aromatic carbocycles. The van der Waals surface area contributed by atoms with E-state index in [2.05, 4.69) is 10.2 Å². The SMILES string of the molecule is COc1ccc(C(=O)N(C)c2ccccc2)nn1. The van der Waals surface area contributed by atoms with E-state index >= 15 is 0 Å². The number of carbonyl (C=O) groups is 1. The van der Waals surface area contributed by atoms with E-state index in [-0.39, 0.29) is 11.6 Å². The topological polar surface area (TPSA) is 55.3 Å². The van der Waals surface area contributed by atoms with Gasteiger partial charge in [-0.15, -0.1) is 10.2 Å². The average molecular weight is 243 g/mol. The lowest BCUT2D eigenvalue weighted by Gasteiger charge is -2.16. The summed E-state index contributed by atoms with van der Waals surface area (Å²) < 4.78 is 4.90. The zero-order valence-corrected chi connectivity index (χ0v) is 10.2. The van der Waals surface area contributed by atoms with Gasteiger partial charge in [0.05, 0.1) is 7.11 Å². The Morgan fingerprint density at radius 2 is 1.83 bits per heavy atom. The Bertz CT molecular complexity index is 526. The lowest BCUT2D eigenvalue weighted by Crippen LogP contribution is -2.27. The maximum atomic E-state index is 12.1. The molecule has 1 amide bonds. The minimum absolute atomic E-state index is 0.212. The van der Waals surface area contributed by atoms with Crippen molar-refractivity contribution in [3.05, 3.63) is 48.2 Å². The first-order chi connectivity index (χ1) is 8.72. The molecule has 1 aromatic heterocycles. The van der Waals surface area contributed by atoms with Crippen LogP contribution in [0.4, 0.5) is 5.69 Å². The van der Waals surface area contributed by atoms with Gasteiger partial charge in [-0.1, -0.05) is 18.2 Å². The molecule has 0 N–H and O–H groups in total. The number of benzene rings is 1. The van der Waals surface area contributed by atoms with Crippen LogP contribution in [-0.4, -0.2) is 30.3 Å². The van der Waals surface area contributed by atoms with Gasteiger partial charge in [-0.3, -0.25) is 4.79 Å². The molecule has 0 aliphatic carbocycles. The van der Waals surface area contributed by atoms with Crippen molar-refractivity contribution in [2.45, 2.75) is 0 Å². The molecule has 5 heteroatoms. The Balaban J connectivity index is 2.20. The molecule has 0 aliphatic rings. The number of rotatable bonds is 3. The Kier molecular flexibility index (Phi) is 3.52. The van der Waals surface area contributed by atoms with Crippen LogP contribution in [-0.2, 0) is 0 Å². The highest BCUT2D eigenvalue weighted by molar-refractivity contribution is 6.04. The molecule has 0 aliphatic heterocycles. The molecule has 2 rings (SSSR count). The van der Waals surface area contributed by atoms with Crippen LogP contribution in [0.15, 0.2) is 42.5 Å². The zero-order valence-electron chi connectivity index (χ0n) is 10.2. The normalized spacial score (nSPS) is 9.89. The monoisotopic (exact) mass is 243 g/mol. The minimum atomic E-state index is -0.212. The van der Waals surface area contributed by atoms with E-state index in [0.717, 1.165) is 5.69 Å². The van der Waals surface area contributed by atoms with Gasteiger partial charge in [-0.2, -0.15) is 0 Å². The lowest BCUT2D eigenvalue weighted by atomic mass is 10.2. The highest BCUT2D eigenvalue weighted by atomic mass is 16.5. The quantitative estimate of drug-likeness (QED) is 0.824. The van der Waals surface area contributed by atoms with Crippen molar-refractivity contribution < 1.29 is 9.53 Å². The Morgan fingerprint density at radius 3 is 2.39 bits per heavy atom. The lowest BCUT2D eigenvalue weighted by molar-refractivity contribution is 0.0987. The number of hydrogen-bond acceptors (Lipinski definition) is 4. The number of hydrogen-bond donors (Lipinski definition) is 0. The van der Waals surface area contributed by atoms with Crippen LogP contribution in [0.25, 0.3) is 0 Å². The van der Waals surface area contributed by atoms with Gasteiger partial charge in [-0.25, -0.2) is 0 Å². The number of carbonyl (C=O) groups excluding carboxylic acids is 1. The van der Waals surface area contributed by atoms with Crippen molar-refractivity contribution in [3.63, 3.8) is 0 Å². The number of amides is 1. The second kappa shape index (κ2) is 5.27. The van der Waals surface area contributed by atoms with Gasteiger partial charge < -0.3 is 9.64 Å². The van der Waals surface area contributed by atoms with Crippen molar-refractivity contribution in [1.82, 2.24) is 10.2 Å². The fraction of sp³-hybridized carbons (Fsp3) is 0.154. The second-order valence-corrected chi connectivity index (χ2v) is 3.66. The summed E-state index contributed by atoms with van der Waals surface area (Å²) >= 11 is 0. The minimum Gasteiger partial charge on any atom is -0.480 e. The van der Waals surface area contributed by atoms with Crippen LogP contribution < -0.4 is 9.64 Å². The fourth-order valence-corrected chi connectivity index (χ4v) is 1.48. The van der Waals surface area contributed by atoms with E-state index in [1.807, 2.05) is 30.3 Å². The molecule has 0 saturated carbocycles. The molecule has 18 heavy (non-hydrogen) atoms. The highest BCUT2D eigenvalue weighted by Gasteiger charge is 2.15. The third-order valence-corrected chi connectivity index (χ3v) is 2.52. The summed E-state index contributed by atoms with van der Waals surface area (Å²) in [5, 5.41) is 7.60. The molecule has 2 aromatic rings. The van der Waals surface area contributed by atoms with Crippen LogP contribution >= 0.6 is 0 Å². The second-order valence-electron chi connectivity index (χ2n) is 3.66. The molecule has 0 fully saturated rings. The van der Waals surface area contributed by atoms with Crippen LogP contribution in [0.5, 0.6) is 5.88 Å². The van der Waals surface area contributed by atoms with E-state index in [4.69, 9.17) is 4.74 Å². The summed E-state index contributed by atoms with van der Waals surface area (Å²) in [5.41, 5.74) is 1.09. The smallest absolute Gasteiger partial charge is 0.278 e. The summed E-state index contributed by atoms with van der Waals surface area (Å²) in [5.74, 6) is 0.172. The molecule has 0 atom stereocenters. The van der Waals surface area contributed by atoms with Gasteiger partial charge in [0.15, 0.2) is 5.69 Å². The molecule has 0 spiro atoms. The third-order valence-electron chi connectivity index (χ3n) is 2.52. The van der Waals surface area contributed by atoms with Gasteiger partial charge in [0.2, 0.25) is 5.88 Å². The van der Waals surface area contributed by atoms with E-state index in [0.29, 0.717) is 5.88 Å². The Morgan fingerprint density at radius 1 is 1.11 bits per heavy atom. The zero-order chi connectivity index (χ0) is 13.0. The van der Waals surface area contributed by atoms with Crippen LogP contribution in [0.3, 0.4) is 0 Å². The molecular weight excluding hydrogens is 230 g/mol. The average Bonchev–Trinajstić information content (AvgIpc) is 2.47. The molecule has 0 bridgehead atoms. The van der Waals surface area contributed by atoms with E-state index < -0.39 is 0 Å². The Labute approximate surface area is 105 Å². The number of nitrogens with zero attached hydrogens (tertiary/aromatic N) is 3. The first kappa shape index (κ1) is 12.0. The largest absolute Gasteiger partial charge is 0.480 e. The van der Waals surface area contributed by atoms with Gasteiger partial charge in [-0.05, 0) is 18.2 Å². The number of anilines is 1. The molecule has 92 valence electrons. The maximum absolute atomic E-state index is 12.1. The first-order valence-electron chi connectivity index (χ1n) is 5.43. The maximum Gasteiger partial charge on any atom is 0.278 e. The van der Waals surface area contributed by atoms with Gasteiger partial charge in [0, 0.05) is 18.8 Å². The van der Waals surface area contributed by atoms with Crippen molar-refractivity contribution in [2.75, 3.05) is 19.1 Å². The molecule has 5 nitrogen and oxygen atoms in total. The Hall–Kier alpha value is -2.43. The van der Waals surface area contributed by atoms with Gasteiger partial charge >= 0.3 is 0 Å². The number of aromatic nitrogens is 2. The predicted molar refractivity (Wildman–Crippen MR) is 67.8 cm³/mol. The summed E-state index contributed by atoms with van der Waals surface area (Å²) in [6, 6.07) is 12.6. The van der Waals surface area contributed by atoms with E-state index in [1.54, 1.807) is 19.2 Å². The third kappa shape index (κ3) is 2.45.